The van der Waals surface area contributed by atoms with Gasteiger partial charge in [-0.05, 0) is 42.7 Å². The molecule has 0 bridgehead atoms. The molecule has 2 amide bonds. The third kappa shape index (κ3) is 3.70. The molecule has 0 spiro atoms. The zero-order chi connectivity index (χ0) is 20.5. The SMILES string of the molecule is Cn1c(=O)n(C)c2cc(N3CCCC3)c(NC(=O)NCc3cccc(F)c3)cc21. The predicted molar refractivity (Wildman–Crippen MR) is 112 cm³/mol. The minimum Gasteiger partial charge on any atom is -0.370 e. The number of hydrogen-bond acceptors (Lipinski definition) is 3. The second kappa shape index (κ2) is 7.62. The van der Waals surface area contributed by atoms with Crippen molar-refractivity contribution >= 4 is 28.4 Å². The van der Waals surface area contributed by atoms with E-state index in [1.54, 1.807) is 35.4 Å². The van der Waals surface area contributed by atoms with Gasteiger partial charge in [0.1, 0.15) is 5.82 Å². The van der Waals surface area contributed by atoms with E-state index in [-0.39, 0.29) is 24.1 Å². The van der Waals surface area contributed by atoms with E-state index in [1.807, 2.05) is 12.1 Å². The van der Waals surface area contributed by atoms with E-state index < -0.39 is 0 Å². The Morgan fingerprint density at radius 2 is 1.76 bits per heavy atom. The highest BCUT2D eigenvalue weighted by atomic mass is 19.1. The Balaban J connectivity index is 1.62. The Morgan fingerprint density at radius 1 is 1.07 bits per heavy atom. The van der Waals surface area contributed by atoms with Crippen LogP contribution in [0, 0.1) is 5.82 Å². The highest BCUT2D eigenvalue weighted by Gasteiger charge is 2.20. The molecule has 1 fully saturated rings. The molecule has 4 rings (SSSR count). The maximum Gasteiger partial charge on any atom is 0.328 e. The average Bonchev–Trinajstić information content (AvgIpc) is 3.31. The van der Waals surface area contributed by atoms with Gasteiger partial charge in [-0.15, -0.1) is 0 Å². The Kier molecular flexibility index (Phi) is 5.00. The number of nitrogens with one attached hydrogen (secondary N) is 2. The molecule has 0 atom stereocenters. The van der Waals surface area contributed by atoms with E-state index in [4.69, 9.17) is 0 Å². The third-order valence-corrected chi connectivity index (χ3v) is 5.43. The van der Waals surface area contributed by atoms with Crippen molar-refractivity contribution in [2.75, 3.05) is 23.3 Å². The number of aryl methyl sites for hydroxylation is 2. The molecule has 7 nitrogen and oxygen atoms in total. The molecule has 0 unspecified atom stereocenters. The summed E-state index contributed by atoms with van der Waals surface area (Å²) in [6, 6.07) is 9.54. The minimum absolute atomic E-state index is 0.111. The van der Waals surface area contributed by atoms with E-state index >= 15 is 0 Å². The molecule has 2 heterocycles. The number of rotatable bonds is 4. The van der Waals surface area contributed by atoms with E-state index in [0.717, 1.165) is 42.7 Å². The van der Waals surface area contributed by atoms with Crippen LogP contribution in [-0.2, 0) is 20.6 Å². The predicted octanol–water partition coefficient (Wildman–Crippen LogP) is 2.94. The number of carbonyl (C=O) groups excluding carboxylic acids is 1. The Bertz CT molecular complexity index is 1130. The summed E-state index contributed by atoms with van der Waals surface area (Å²) in [5.41, 5.74) is 3.70. The Labute approximate surface area is 167 Å². The number of amides is 2. The fraction of sp³-hybridized carbons (Fsp3) is 0.333. The lowest BCUT2D eigenvalue weighted by Gasteiger charge is -2.22. The van der Waals surface area contributed by atoms with Gasteiger partial charge in [0, 0.05) is 33.7 Å². The number of hydrogen-bond donors (Lipinski definition) is 2. The van der Waals surface area contributed by atoms with Crippen molar-refractivity contribution in [3.63, 3.8) is 0 Å². The number of fused-ring (bicyclic) bond motifs is 1. The van der Waals surface area contributed by atoms with E-state index in [9.17, 15) is 14.0 Å². The summed E-state index contributed by atoms with van der Waals surface area (Å²) in [4.78, 5) is 27.1. The van der Waals surface area contributed by atoms with Gasteiger partial charge < -0.3 is 15.5 Å². The van der Waals surface area contributed by atoms with Gasteiger partial charge in [0.2, 0.25) is 0 Å². The van der Waals surface area contributed by atoms with E-state index in [0.29, 0.717) is 11.3 Å². The standard InChI is InChI=1S/C21H24FN5O2/c1-25-18-11-16(24-20(28)23-13-14-6-5-7-15(22)10-14)17(27-8-3-4-9-27)12-19(18)26(2)21(25)29/h5-7,10-12H,3-4,8-9,13H2,1-2H3,(H2,23,24,28). The van der Waals surface area contributed by atoms with Crippen LogP contribution < -0.4 is 21.2 Å². The summed E-state index contributed by atoms with van der Waals surface area (Å²) in [6.45, 7) is 2.03. The molecule has 1 aliphatic heterocycles. The summed E-state index contributed by atoms with van der Waals surface area (Å²) >= 11 is 0. The first-order valence-electron chi connectivity index (χ1n) is 9.68. The van der Waals surface area contributed by atoms with Crippen LogP contribution in [0.5, 0.6) is 0 Å². The second-order valence-electron chi connectivity index (χ2n) is 7.39. The van der Waals surface area contributed by atoms with Crippen molar-refractivity contribution in [3.8, 4) is 0 Å². The third-order valence-electron chi connectivity index (χ3n) is 5.43. The summed E-state index contributed by atoms with van der Waals surface area (Å²) in [5, 5.41) is 5.67. The lowest BCUT2D eigenvalue weighted by atomic mass is 10.2. The summed E-state index contributed by atoms with van der Waals surface area (Å²) in [7, 11) is 3.46. The Morgan fingerprint density at radius 3 is 2.45 bits per heavy atom. The highest BCUT2D eigenvalue weighted by Crippen LogP contribution is 2.33. The van der Waals surface area contributed by atoms with Gasteiger partial charge in [-0.2, -0.15) is 0 Å². The minimum atomic E-state index is -0.380. The van der Waals surface area contributed by atoms with Gasteiger partial charge in [0.15, 0.2) is 0 Å². The number of nitrogens with zero attached hydrogens (tertiary/aromatic N) is 3. The van der Waals surface area contributed by atoms with Crippen LogP contribution in [-0.4, -0.2) is 28.3 Å². The van der Waals surface area contributed by atoms with E-state index in [1.165, 1.54) is 12.1 Å². The number of benzene rings is 2. The van der Waals surface area contributed by atoms with E-state index in [2.05, 4.69) is 15.5 Å². The molecule has 2 aromatic carbocycles. The van der Waals surface area contributed by atoms with Gasteiger partial charge in [-0.3, -0.25) is 9.13 Å². The topological polar surface area (TPSA) is 71.3 Å². The average molecular weight is 397 g/mol. The fourth-order valence-corrected chi connectivity index (χ4v) is 3.85. The van der Waals surface area contributed by atoms with Crippen LogP contribution in [0.2, 0.25) is 0 Å². The molecule has 29 heavy (non-hydrogen) atoms. The number of halogens is 1. The molecule has 8 heteroatoms. The molecule has 0 radical (unpaired) electrons. The molecule has 1 saturated heterocycles. The Hall–Kier alpha value is -3.29. The van der Waals surface area contributed by atoms with Gasteiger partial charge in [-0.1, -0.05) is 12.1 Å². The maximum absolute atomic E-state index is 13.3. The lowest BCUT2D eigenvalue weighted by Crippen LogP contribution is -2.29. The number of anilines is 2. The molecule has 0 saturated carbocycles. The summed E-state index contributed by atoms with van der Waals surface area (Å²) < 4.78 is 16.5. The lowest BCUT2D eigenvalue weighted by molar-refractivity contribution is 0.251. The quantitative estimate of drug-likeness (QED) is 0.711. The first kappa shape index (κ1) is 19.0. The van der Waals surface area contributed by atoms with Crippen LogP contribution in [0.15, 0.2) is 41.2 Å². The van der Waals surface area contributed by atoms with Crippen LogP contribution in [0.25, 0.3) is 11.0 Å². The monoisotopic (exact) mass is 397 g/mol. The largest absolute Gasteiger partial charge is 0.370 e. The molecule has 2 N–H and O–H groups in total. The number of aromatic nitrogens is 2. The van der Waals surface area contributed by atoms with Gasteiger partial charge in [0.05, 0.1) is 22.4 Å². The van der Waals surface area contributed by atoms with Crippen LogP contribution in [0.4, 0.5) is 20.6 Å². The maximum atomic E-state index is 13.3. The van der Waals surface area contributed by atoms with Gasteiger partial charge >= 0.3 is 11.7 Å². The highest BCUT2D eigenvalue weighted by molar-refractivity contribution is 5.98. The molecular weight excluding hydrogens is 373 g/mol. The molecular formula is C21H24FN5O2. The fourth-order valence-electron chi connectivity index (χ4n) is 3.85. The molecule has 1 aromatic heterocycles. The zero-order valence-electron chi connectivity index (χ0n) is 16.5. The molecule has 3 aromatic rings. The van der Waals surface area contributed by atoms with Crippen molar-refractivity contribution in [2.24, 2.45) is 14.1 Å². The first-order chi connectivity index (χ1) is 13.9. The van der Waals surface area contributed by atoms with Crippen LogP contribution in [0.1, 0.15) is 18.4 Å². The molecule has 1 aliphatic rings. The summed E-state index contributed by atoms with van der Waals surface area (Å²) in [6.07, 6.45) is 2.19. The normalized spacial score (nSPS) is 13.8. The second-order valence-corrected chi connectivity index (χ2v) is 7.39. The van der Waals surface area contributed by atoms with Gasteiger partial charge in [0.25, 0.3) is 0 Å². The molecule has 152 valence electrons. The number of carbonyl (C=O) groups is 1. The zero-order valence-corrected chi connectivity index (χ0v) is 16.5. The van der Waals surface area contributed by atoms with Crippen LogP contribution >= 0.6 is 0 Å². The van der Waals surface area contributed by atoms with Crippen molar-refractivity contribution in [3.05, 3.63) is 58.3 Å². The van der Waals surface area contributed by atoms with Crippen LogP contribution in [0.3, 0.4) is 0 Å². The van der Waals surface area contributed by atoms with Crippen molar-refractivity contribution in [1.29, 1.82) is 0 Å². The van der Waals surface area contributed by atoms with Crippen molar-refractivity contribution in [2.45, 2.75) is 19.4 Å². The summed E-state index contributed by atoms with van der Waals surface area (Å²) in [5.74, 6) is -0.337. The number of imidazole rings is 1. The van der Waals surface area contributed by atoms with Crippen molar-refractivity contribution < 1.29 is 9.18 Å². The smallest absolute Gasteiger partial charge is 0.328 e. The molecule has 0 aliphatic carbocycles. The van der Waals surface area contributed by atoms with Crippen molar-refractivity contribution in [1.82, 2.24) is 14.5 Å². The first-order valence-corrected chi connectivity index (χ1v) is 9.68. The number of urea groups is 1. The van der Waals surface area contributed by atoms with Gasteiger partial charge in [-0.25, -0.2) is 14.0 Å².